The predicted octanol–water partition coefficient (Wildman–Crippen LogP) is 4.23. The van der Waals surface area contributed by atoms with E-state index in [1.165, 1.54) is 42.0 Å². The van der Waals surface area contributed by atoms with Crippen LogP contribution in [0.5, 0.6) is 0 Å². The van der Waals surface area contributed by atoms with Crippen molar-refractivity contribution in [2.24, 2.45) is 0 Å². The van der Waals surface area contributed by atoms with Crippen molar-refractivity contribution in [1.82, 2.24) is 15.5 Å². The summed E-state index contributed by atoms with van der Waals surface area (Å²) in [4.78, 5) is 28.9. The summed E-state index contributed by atoms with van der Waals surface area (Å²) in [5.41, 5.74) is -0.915. The summed E-state index contributed by atoms with van der Waals surface area (Å²) < 4.78 is 13.3. The highest BCUT2D eigenvalue weighted by Crippen LogP contribution is 2.39. The number of halogens is 1. The fraction of sp³-hybridized carbons (Fsp3) is 0.500. The lowest BCUT2D eigenvalue weighted by Gasteiger charge is -2.48. The third-order valence-corrected chi connectivity index (χ3v) is 7.54. The van der Waals surface area contributed by atoms with Gasteiger partial charge in [-0.3, -0.25) is 4.79 Å². The second kappa shape index (κ2) is 9.58. The molecule has 1 aromatic heterocycles. The van der Waals surface area contributed by atoms with Crippen molar-refractivity contribution in [3.8, 4) is 0 Å². The number of amides is 3. The van der Waals surface area contributed by atoms with Gasteiger partial charge in [0.1, 0.15) is 5.82 Å². The number of benzene rings is 1. The summed E-state index contributed by atoms with van der Waals surface area (Å²) in [6.07, 6.45) is 5.72. The largest absolute Gasteiger partial charge is 0.388 e. The van der Waals surface area contributed by atoms with E-state index < -0.39 is 29.4 Å². The summed E-state index contributed by atoms with van der Waals surface area (Å²) in [5, 5.41) is 19.3. The van der Waals surface area contributed by atoms with Gasteiger partial charge in [-0.15, -0.1) is 11.3 Å². The van der Waals surface area contributed by atoms with Crippen molar-refractivity contribution in [3.63, 3.8) is 0 Å². The van der Waals surface area contributed by atoms with Gasteiger partial charge in [-0.1, -0.05) is 25.3 Å². The first-order chi connectivity index (χ1) is 15.3. The molecule has 0 spiro atoms. The number of nitrogens with zero attached hydrogens (tertiary/aromatic N) is 1. The van der Waals surface area contributed by atoms with Gasteiger partial charge in [0.25, 0.3) is 5.91 Å². The molecule has 0 unspecified atom stereocenters. The highest BCUT2D eigenvalue weighted by atomic mass is 32.1. The summed E-state index contributed by atoms with van der Waals surface area (Å²) in [7, 11) is 0. The van der Waals surface area contributed by atoms with Crippen LogP contribution in [0, 0.1) is 5.82 Å². The Hall–Kier alpha value is -2.45. The SMILES string of the molecule is C[C@@]1(O)CCN(C(=O)NC2CCCCC2)[C@@H](c2cccs2)[C@@H]1NC(=O)c1ccc(F)cc1. The van der Waals surface area contributed by atoms with Crippen LogP contribution < -0.4 is 10.6 Å². The molecule has 3 atom stereocenters. The minimum Gasteiger partial charge on any atom is -0.388 e. The molecular weight excluding hydrogens is 429 g/mol. The van der Waals surface area contributed by atoms with Crippen molar-refractivity contribution in [2.75, 3.05) is 6.54 Å². The van der Waals surface area contributed by atoms with Gasteiger partial charge in [-0.25, -0.2) is 9.18 Å². The molecule has 32 heavy (non-hydrogen) atoms. The van der Waals surface area contributed by atoms with Crippen molar-refractivity contribution >= 4 is 23.3 Å². The van der Waals surface area contributed by atoms with Gasteiger partial charge in [0, 0.05) is 23.0 Å². The topological polar surface area (TPSA) is 81.7 Å². The van der Waals surface area contributed by atoms with E-state index in [-0.39, 0.29) is 12.1 Å². The maximum absolute atomic E-state index is 13.3. The Bertz CT molecular complexity index is 926. The number of hydrogen-bond acceptors (Lipinski definition) is 4. The molecule has 1 aromatic carbocycles. The number of urea groups is 1. The van der Waals surface area contributed by atoms with Crippen LogP contribution in [0.25, 0.3) is 0 Å². The summed E-state index contributed by atoms with van der Waals surface area (Å²) in [6, 6.07) is 7.89. The van der Waals surface area contributed by atoms with Crippen LogP contribution in [0.3, 0.4) is 0 Å². The molecule has 1 aliphatic heterocycles. The second-order valence-corrected chi connectivity index (χ2v) is 9.98. The zero-order valence-corrected chi connectivity index (χ0v) is 19.0. The molecule has 6 nitrogen and oxygen atoms in total. The second-order valence-electron chi connectivity index (χ2n) is 9.00. The fourth-order valence-electron chi connectivity index (χ4n) is 4.73. The minimum atomic E-state index is -1.22. The lowest BCUT2D eigenvalue weighted by molar-refractivity contribution is -0.0506. The van der Waals surface area contributed by atoms with E-state index in [9.17, 15) is 19.1 Å². The van der Waals surface area contributed by atoms with E-state index in [0.717, 1.165) is 30.6 Å². The number of carbonyl (C=O) groups is 2. The number of nitrogens with one attached hydrogen (secondary N) is 2. The molecule has 2 aliphatic rings. The Morgan fingerprint density at radius 1 is 1.12 bits per heavy atom. The van der Waals surface area contributed by atoms with Crippen LogP contribution in [0.2, 0.25) is 0 Å². The van der Waals surface area contributed by atoms with Crippen molar-refractivity contribution in [2.45, 2.75) is 69.2 Å². The fourth-order valence-corrected chi connectivity index (χ4v) is 5.61. The van der Waals surface area contributed by atoms with Crippen LogP contribution in [0.4, 0.5) is 9.18 Å². The normalized spacial score (nSPS) is 26.5. The van der Waals surface area contributed by atoms with Gasteiger partial charge >= 0.3 is 6.03 Å². The molecule has 0 radical (unpaired) electrons. The van der Waals surface area contributed by atoms with Gasteiger partial charge in [0.05, 0.1) is 17.7 Å². The molecule has 4 rings (SSSR count). The van der Waals surface area contributed by atoms with Crippen LogP contribution in [-0.4, -0.2) is 46.2 Å². The smallest absolute Gasteiger partial charge is 0.318 e. The monoisotopic (exact) mass is 459 g/mol. The number of carbonyl (C=O) groups excluding carboxylic acids is 2. The molecule has 0 bridgehead atoms. The molecule has 1 saturated carbocycles. The number of aliphatic hydroxyl groups is 1. The first kappa shape index (κ1) is 22.7. The van der Waals surface area contributed by atoms with Gasteiger partial charge < -0.3 is 20.6 Å². The molecule has 2 fully saturated rings. The average molecular weight is 460 g/mol. The van der Waals surface area contributed by atoms with Crippen molar-refractivity contribution in [1.29, 1.82) is 0 Å². The van der Waals surface area contributed by atoms with Crippen molar-refractivity contribution < 1.29 is 19.1 Å². The molecule has 3 N–H and O–H groups in total. The molecule has 8 heteroatoms. The molecule has 2 heterocycles. The average Bonchev–Trinajstić information content (AvgIpc) is 3.30. The Labute approximate surface area is 191 Å². The quantitative estimate of drug-likeness (QED) is 0.640. The van der Waals surface area contributed by atoms with E-state index >= 15 is 0 Å². The molecular formula is C24H30FN3O3S. The molecule has 1 saturated heterocycles. The lowest BCUT2D eigenvalue weighted by Crippen LogP contribution is -2.64. The number of thiophene rings is 1. The van der Waals surface area contributed by atoms with Gasteiger partial charge in [0.15, 0.2) is 0 Å². The number of likely N-dealkylation sites (tertiary alicyclic amines) is 1. The van der Waals surface area contributed by atoms with E-state index in [1.807, 2.05) is 17.5 Å². The maximum Gasteiger partial charge on any atom is 0.318 e. The van der Waals surface area contributed by atoms with Gasteiger partial charge in [-0.2, -0.15) is 0 Å². The third-order valence-electron chi connectivity index (χ3n) is 6.60. The van der Waals surface area contributed by atoms with Crippen LogP contribution in [-0.2, 0) is 0 Å². The summed E-state index contributed by atoms with van der Waals surface area (Å²) in [6.45, 7) is 2.08. The lowest BCUT2D eigenvalue weighted by atomic mass is 9.81. The van der Waals surface area contributed by atoms with E-state index in [0.29, 0.717) is 18.5 Å². The standard InChI is InChI=1S/C24H30FN3O3S/c1-24(31)13-14-28(23(30)26-18-6-3-2-4-7-18)20(19-8-5-15-32-19)21(24)27-22(29)16-9-11-17(25)12-10-16/h5,8-12,15,18,20-21,31H,2-4,6-7,13-14H2,1H3,(H,26,30)(H,27,29)/t20-,21-,24+/m0/s1. The maximum atomic E-state index is 13.3. The Balaban J connectivity index is 1.60. The van der Waals surface area contributed by atoms with E-state index in [1.54, 1.807) is 11.8 Å². The Kier molecular flexibility index (Phi) is 6.81. The third kappa shape index (κ3) is 4.96. The van der Waals surface area contributed by atoms with Crippen LogP contribution in [0.1, 0.15) is 66.7 Å². The number of rotatable bonds is 4. The summed E-state index contributed by atoms with van der Waals surface area (Å²) in [5.74, 6) is -0.834. The zero-order valence-electron chi connectivity index (χ0n) is 18.2. The Morgan fingerprint density at radius 3 is 2.50 bits per heavy atom. The van der Waals surface area contributed by atoms with Crippen LogP contribution in [0.15, 0.2) is 41.8 Å². The van der Waals surface area contributed by atoms with Crippen molar-refractivity contribution in [3.05, 3.63) is 58.0 Å². The van der Waals surface area contributed by atoms with Gasteiger partial charge in [0.2, 0.25) is 0 Å². The highest BCUT2D eigenvalue weighted by molar-refractivity contribution is 7.10. The minimum absolute atomic E-state index is 0.160. The number of piperidine rings is 1. The van der Waals surface area contributed by atoms with E-state index in [4.69, 9.17) is 0 Å². The first-order valence-corrected chi connectivity index (χ1v) is 12.1. The molecule has 172 valence electrons. The predicted molar refractivity (Wildman–Crippen MR) is 122 cm³/mol. The zero-order chi connectivity index (χ0) is 22.7. The van der Waals surface area contributed by atoms with E-state index in [2.05, 4.69) is 10.6 Å². The Morgan fingerprint density at radius 2 is 1.84 bits per heavy atom. The molecule has 3 amide bonds. The first-order valence-electron chi connectivity index (χ1n) is 11.2. The molecule has 1 aliphatic carbocycles. The highest BCUT2D eigenvalue weighted by Gasteiger charge is 2.48. The van der Waals surface area contributed by atoms with Crippen LogP contribution >= 0.6 is 11.3 Å². The molecule has 2 aromatic rings. The summed E-state index contributed by atoms with van der Waals surface area (Å²) >= 11 is 1.49. The van der Waals surface area contributed by atoms with Gasteiger partial charge in [-0.05, 0) is 61.9 Å². The number of hydrogen-bond donors (Lipinski definition) is 3.